The van der Waals surface area contributed by atoms with E-state index < -0.39 is 22.9 Å². The van der Waals surface area contributed by atoms with E-state index in [0.29, 0.717) is 17.3 Å². The molecule has 3 aliphatic heterocycles. The normalized spacial score (nSPS) is 20.7. The second-order valence-corrected chi connectivity index (χ2v) is 15.0. The van der Waals surface area contributed by atoms with Gasteiger partial charge < -0.3 is 31.9 Å². The van der Waals surface area contributed by atoms with Gasteiger partial charge in [0.2, 0.25) is 35.4 Å². The first-order valence-corrected chi connectivity index (χ1v) is 19.0. The van der Waals surface area contributed by atoms with Gasteiger partial charge in [-0.2, -0.15) is 0 Å². The lowest BCUT2D eigenvalue weighted by Gasteiger charge is -2.37. The number of piperazine rings is 3. The summed E-state index contributed by atoms with van der Waals surface area (Å²) in [6.07, 6.45) is 0. The number of hydrogen-bond acceptors (Lipinski definition) is 9. The summed E-state index contributed by atoms with van der Waals surface area (Å²) >= 11 is 1.67. The summed E-state index contributed by atoms with van der Waals surface area (Å²) in [4.78, 5) is 69.3. The van der Waals surface area contributed by atoms with E-state index in [-0.39, 0.29) is 55.1 Å². The van der Waals surface area contributed by atoms with Crippen LogP contribution in [0.1, 0.15) is 16.7 Å². The van der Waals surface area contributed by atoms with E-state index in [2.05, 4.69) is 68.3 Å². The highest BCUT2D eigenvalue weighted by atomic mass is 33.1. The van der Waals surface area contributed by atoms with E-state index >= 15 is 0 Å². The van der Waals surface area contributed by atoms with Crippen LogP contribution in [0.3, 0.4) is 0 Å². The number of amides is 6. The van der Waals surface area contributed by atoms with Crippen molar-refractivity contribution in [3.63, 3.8) is 0 Å². The van der Waals surface area contributed by atoms with E-state index in [0.717, 1.165) is 16.7 Å². The fraction of sp³-hybridized carbons (Fsp3) is 0.294. The second kappa shape index (κ2) is 17.3. The largest absolute Gasteiger partial charge is 0.345 e. The highest BCUT2D eigenvalue weighted by Gasteiger charge is 2.39. The third kappa shape index (κ3) is 9.37. The van der Waals surface area contributed by atoms with Gasteiger partial charge in [-0.15, -0.1) is 11.8 Å². The Morgan fingerprint density at radius 3 is 1.10 bits per heavy atom. The lowest BCUT2D eigenvalue weighted by molar-refractivity contribution is -0.133. The molecular weight excluding hydrogens is 685 g/mol. The van der Waals surface area contributed by atoms with Crippen molar-refractivity contribution < 1.29 is 28.8 Å². The lowest BCUT2D eigenvalue weighted by atomic mass is 9.84. The average molecular weight is 721 g/mol. The van der Waals surface area contributed by atoms with Gasteiger partial charge in [0.1, 0.15) is 18.1 Å². The van der Waals surface area contributed by atoms with Gasteiger partial charge in [-0.25, -0.2) is 0 Å². The lowest BCUT2D eigenvalue weighted by Crippen LogP contribution is -2.57. The van der Waals surface area contributed by atoms with Gasteiger partial charge in [0.25, 0.3) is 0 Å². The molecule has 256 valence electrons. The van der Waals surface area contributed by atoms with Crippen molar-refractivity contribution in [1.29, 1.82) is 0 Å². The fourth-order valence-electron chi connectivity index (χ4n) is 5.37. The molecule has 0 saturated carbocycles. The Hall–Kier alpha value is -4.47. The van der Waals surface area contributed by atoms with E-state index in [4.69, 9.17) is 0 Å². The predicted octanol–water partition coefficient (Wildman–Crippen LogP) is 0.923. The maximum Gasteiger partial charge on any atom is 0.243 e. The first-order valence-electron chi connectivity index (χ1n) is 15.5. The summed E-state index contributed by atoms with van der Waals surface area (Å²) in [5.74, 6) is 0.145. The van der Waals surface area contributed by atoms with E-state index in [1.54, 1.807) is 11.8 Å². The number of hydrogen-bond donors (Lipinski definition) is 6. The molecule has 6 amide bonds. The van der Waals surface area contributed by atoms with Crippen LogP contribution in [0.15, 0.2) is 91.0 Å². The molecular formula is C34H36N6O6S3. The summed E-state index contributed by atoms with van der Waals surface area (Å²) < 4.78 is -0.508. The zero-order valence-electron chi connectivity index (χ0n) is 26.3. The van der Waals surface area contributed by atoms with Gasteiger partial charge in [0.05, 0.1) is 24.4 Å². The van der Waals surface area contributed by atoms with Crippen LogP contribution >= 0.6 is 33.3 Å². The topological polar surface area (TPSA) is 175 Å². The highest BCUT2D eigenvalue weighted by Crippen LogP contribution is 2.48. The summed E-state index contributed by atoms with van der Waals surface area (Å²) in [5, 5.41) is 15.6. The number of thioether (sulfide) groups is 1. The Morgan fingerprint density at radius 2 is 0.776 bits per heavy atom. The molecule has 0 aliphatic carbocycles. The van der Waals surface area contributed by atoms with Crippen molar-refractivity contribution in [2.45, 2.75) is 22.9 Å². The van der Waals surface area contributed by atoms with E-state index in [1.807, 2.05) is 54.6 Å². The Balaban J connectivity index is 0.000000205. The van der Waals surface area contributed by atoms with Crippen LogP contribution < -0.4 is 31.9 Å². The molecule has 0 radical (unpaired) electrons. The Labute approximate surface area is 295 Å². The monoisotopic (exact) mass is 720 g/mol. The number of carbonyl (C=O) groups is 6. The molecule has 0 aromatic heterocycles. The molecule has 3 saturated heterocycles. The van der Waals surface area contributed by atoms with Crippen molar-refractivity contribution in [2.75, 3.05) is 36.9 Å². The third-order valence-corrected chi connectivity index (χ3v) is 11.8. The third-order valence-electron chi connectivity index (χ3n) is 7.78. The first kappa shape index (κ1) is 35.8. The van der Waals surface area contributed by atoms with E-state index in [9.17, 15) is 28.8 Å². The standard InChI is InChI=1S/C24H22N2O2S.C10H14N4O4S2/c27-22-16-25-23(28)21(26-22)17-29-24(18-10-4-1-5-11-18,19-12-6-2-7-13-19)20-14-8-3-9-15-20;15-7-1-11-9(17)5(13-7)3-19-20-4-6-10(18)12-2-8(16)14-6/h1-15,21H,16-17H2,(H,25,28)(H,26,27);5-6H,1-4H2,(H,11,17)(H,12,18)(H,13,15)(H,14,16)/t21-;5-,6+/m0./s1. The average Bonchev–Trinajstić information content (AvgIpc) is 3.13. The van der Waals surface area contributed by atoms with Gasteiger partial charge >= 0.3 is 0 Å². The van der Waals surface area contributed by atoms with Crippen LogP contribution in [0.5, 0.6) is 0 Å². The zero-order chi connectivity index (χ0) is 34.6. The summed E-state index contributed by atoms with van der Waals surface area (Å²) in [7, 11) is 2.74. The summed E-state index contributed by atoms with van der Waals surface area (Å²) in [6, 6.07) is 29.3. The summed E-state index contributed by atoms with van der Waals surface area (Å²) in [5.41, 5.74) is 3.39. The van der Waals surface area contributed by atoms with Gasteiger partial charge in [0.15, 0.2) is 0 Å². The molecule has 6 rings (SSSR count). The molecule has 3 aromatic rings. The minimum atomic E-state index is -0.559. The molecule has 3 aromatic carbocycles. The smallest absolute Gasteiger partial charge is 0.243 e. The summed E-state index contributed by atoms with van der Waals surface area (Å²) in [6.45, 7) is 0.0735. The van der Waals surface area contributed by atoms with Crippen LogP contribution in [0, 0.1) is 0 Å². The number of nitrogens with one attached hydrogen (secondary N) is 6. The van der Waals surface area contributed by atoms with Crippen LogP contribution in [-0.4, -0.2) is 90.5 Å². The van der Waals surface area contributed by atoms with Crippen molar-refractivity contribution in [3.8, 4) is 0 Å². The molecule has 3 atom stereocenters. The molecule has 49 heavy (non-hydrogen) atoms. The molecule has 3 aliphatic rings. The number of benzene rings is 3. The predicted molar refractivity (Wildman–Crippen MR) is 191 cm³/mol. The molecule has 6 N–H and O–H groups in total. The number of rotatable bonds is 11. The van der Waals surface area contributed by atoms with Gasteiger partial charge in [-0.3, -0.25) is 28.8 Å². The molecule has 0 spiro atoms. The van der Waals surface area contributed by atoms with Gasteiger partial charge in [-0.05, 0) is 16.7 Å². The Kier molecular flexibility index (Phi) is 12.6. The molecule has 3 heterocycles. The van der Waals surface area contributed by atoms with Crippen LogP contribution in [0.2, 0.25) is 0 Å². The van der Waals surface area contributed by atoms with Crippen LogP contribution in [-0.2, 0) is 33.5 Å². The molecule has 0 unspecified atom stereocenters. The maximum absolute atomic E-state index is 12.3. The SMILES string of the molecule is O=C1CNC(=O)[C@H](CSC(c2ccccc2)(c2ccccc2)c2ccccc2)N1.O=C1CNC(=O)[C@H](CSSC[C@H]2NC(=O)CNC2=O)N1. The van der Waals surface area contributed by atoms with Crippen molar-refractivity contribution >= 4 is 68.8 Å². The zero-order valence-corrected chi connectivity index (χ0v) is 28.8. The van der Waals surface area contributed by atoms with Crippen molar-refractivity contribution in [2.24, 2.45) is 0 Å². The fourth-order valence-corrected chi connectivity index (χ4v) is 9.25. The van der Waals surface area contributed by atoms with Crippen molar-refractivity contribution in [1.82, 2.24) is 31.9 Å². The molecule has 12 nitrogen and oxygen atoms in total. The molecule has 0 bridgehead atoms. The first-order chi connectivity index (χ1) is 23.8. The van der Waals surface area contributed by atoms with E-state index in [1.165, 1.54) is 21.6 Å². The minimum absolute atomic E-state index is 0.0153. The minimum Gasteiger partial charge on any atom is -0.345 e. The van der Waals surface area contributed by atoms with Gasteiger partial charge in [-0.1, -0.05) is 113 Å². The number of carbonyl (C=O) groups excluding carboxylic acids is 6. The second-order valence-electron chi connectivity index (χ2n) is 11.2. The molecule has 15 heteroatoms. The quantitative estimate of drug-likeness (QED) is 0.0957. The van der Waals surface area contributed by atoms with Crippen LogP contribution in [0.25, 0.3) is 0 Å². The van der Waals surface area contributed by atoms with Crippen molar-refractivity contribution in [3.05, 3.63) is 108 Å². The maximum atomic E-state index is 12.3. The Morgan fingerprint density at radius 1 is 0.469 bits per heavy atom. The molecule has 3 fully saturated rings. The van der Waals surface area contributed by atoms with Gasteiger partial charge in [0, 0.05) is 17.3 Å². The van der Waals surface area contributed by atoms with Crippen LogP contribution in [0.4, 0.5) is 0 Å². The highest BCUT2D eigenvalue weighted by molar-refractivity contribution is 8.76. The Bertz CT molecular complexity index is 1510.